The summed E-state index contributed by atoms with van der Waals surface area (Å²) in [7, 11) is 0. The first kappa shape index (κ1) is 24.3. The van der Waals surface area contributed by atoms with Gasteiger partial charge < -0.3 is 20.0 Å². The average Bonchev–Trinajstić information content (AvgIpc) is 3.49. The maximum atomic E-state index is 13.6. The van der Waals surface area contributed by atoms with E-state index in [4.69, 9.17) is 4.42 Å². The number of carbonyl (C=O) groups is 3. The van der Waals surface area contributed by atoms with Gasteiger partial charge in [-0.25, -0.2) is 0 Å². The molecule has 0 aliphatic heterocycles. The number of aryl methyl sites for hydroxylation is 2. The Hall–Kier alpha value is -3.87. The van der Waals surface area contributed by atoms with Crippen molar-refractivity contribution in [2.24, 2.45) is 0 Å². The third-order valence-corrected chi connectivity index (χ3v) is 5.89. The van der Waals surface area contributed by atoms with E-state index in [1.165, 1.54) is 22.3 Å². The van der Waals surface area contributed by atoms with E-state index in [9.17, 15) is 14.4 Å². The number of nitrogens with zero attached hydrogens (tertiary/aromatic N) is 1. The average molecular weight is 474 g/mol. The van der Waals surface area contributed by atoms with Gasteiger partial charge in [-0.2, -0.15) is 0 Å². The molecule has 1 aromatic heterocycles. The molecule has 1 aliphatic rings. The molecule has 1 atom stereocenters. The topological polar surface area (TPSA) is 91.7 Å². The Labute approximate surface area is 205 Å². The maximum Gasteiger partial charge on any atom is 0.313 e. The molecule has 1 aliphatic carbocycles. The molecule has 0 saturated heterocycles. The van der Waals surface area contributed by atoms with Crippen LogP contribution in [0.25, 0.3) is 0 Å². The molecule has 2 aromatic carbocycles. The molecule has 0 unspecified atom stereocenters. The molecule has 0 fully saturated rings. The predicted molar refractivity (Wildman–Crippen MR) is 133 cm³/mol. The lowest BCUT2D eigenvalue weighted by Gasteiger charge is -2.32. The van der Waals surface area contributed by atoms with Gasteiger partial charge in [-0.05, 0) is 81.0 Å². The SMILES string of the molecule is CC(C)(C)NC(=O)[C@@H](c1ccccc1)N(Cc1ccco1)C(=O)C(=O)Nc1ccc2c(c1)CCC2. The first-order valence-electron chi connectivity index (χ1n) is 11.8. The third-order valence-electron chi connectivity index (χ3n) is 5.89. The van der Waals surface area contributed by atoms with Crippen molar-refractivity contribution in [1.29, 1.82) is 0 Å². The summed E-state index contributed by atoms with van der Waals surface area (Å²) in [6, 6.07) is 17.1. The van der Waals surface area contributed by atoms with Crippen LogP contribution in [0.4, 0.5) is 5.69 Å². The molecule has 0 bridgehead atoms. The first-order valence-corrected chi connectivity index (χ1v) is 11.8. The van der Waals surface area contributed by atoms with E-state index in [0.717, 1.165) is 19.3 Å². The molecule has 1 heterocycles. The molecule has 0 saturated carbocycles. The number of amides is 3. The van der Waals surface area contributed by atoms with E-state index >= 15 is 0 Å². The summed E-state index contributed by atoms with van der Waals surface area (Å²) in [5, 5.41) is 5.69. The summed E-state index contributed by atoms with van der Waals surface area (Å²) >= 11 is 0. The van der Waals surface area contributed by atoms with Crippen LogP contribution in [0.5, 0.6) is 0 Å². The van der Waals surface area contributed by atoms with Crippen LogP contribution >= 0.6 is 0 Å². The van der Waals surface area contributed by atoms with Gasteiger partial charge in [0.05, 0.1) is 12.8 Å². The Morgan fingerprint density at radius 3 is 2.40 bits per heavy atom. The Morgan fingerprint density at radius 2 is 1.71 bits per heavy atom. The lowest BCUT2D eigenvalue weighted by molar-refractivity contribution is -0.149. The zero-order valence-electron chi connectivity index (χ0n) is 20.3. The van der Waals surface area contributed by atoms with Crippen molar-refractivity contribution in [3.8, 4) is 0 Å². The summed E-state index contributed by atoms with van der Waals surface area (Å²) in [6.07, 6.45) is 4.57. The fraction of sp³-hybridized carbons (Fsp3) is 0.321. The van der Waals surface area contributed by atoms with Crippen molar-refractivity contribution in [3.05, 3.63) is 89.4 Å². The lowest BCUT2D eigenvalue weighted by Crippen LogP contribution is -2.51. The second-order valence-electron chi connectivity index (χ2n) is 9.86. The van der Waals surface area contributed by atoms with Crippen LogP contribution in [0, 0.1) is 0 Å². The number of nitrogens with one attached hydrogen (secondary N) is 2. The van der Waals surface area contributed by atoms with Crippen molar-refractivity contribution < 1.29 is 18.8 Å². The number of carbonyl (C=O) groups excluding carboxylic acids is 3. The number of benzene rings is 2. The van der Waals surface area contributed by atoms with Gasteiger partial charge in [0.1, 0.15) is 11.8 Å². The van der Waals surface area contributed by atoms with Gasteiger partial charge in [0, 0.05) is 11.2 Å². The van der Waals surface area contributed by atoms with Gasteiger partial charge in [0.15, 0.2) is 0 Å². The van der Waals surface area contributed by atoms with E-state index in [2.05, 4.69) is 10.6 Å². The molecule has 7 nitrogen and oxygen atoms in total. The highest BCUT2D eigenvalue weighted by molar-refractivity contribution is 6.39. The van der Waals surface area contributed by atoms with Crippen molar-refractivity contribution in [2.45, 2.75) is 58.2 Å². The fourth-order valence-electron chi connectivity index (χ4n) is 4.36. The van der Waals surface area contributed by atoms with E-state index < -0.39 is 23.4 Å². The van der Waals surface area contributed by atoms with Crippen LogP contribution < -0.4 is 10.6 Å². The molecule has 0 radical (unpaired) electrons. The van der Waals surface area contributed by atoms with E-state index in [1.54, 1.807) is 36.4 Å². The summed E-state index contributed by atoms with van der Waals surface area (Å²) in [5.41, 5.74) is 3.10. The highest BCUT2D eigenvalue weighted by Gasteiger charge is 2.36. The van der Waals surface area contributed by atoms with Gasteiger partial charge >= 0.3 is 11.8 Å². The summed E-state index contributed by atoms with van der Waals surface area (Å²) in [6.45, 7) is 5.56. The summed E-state index contributed by atoms with van der Waals surface area (Å²) in [5.74, 6) is -1.54. The molecule has 4 rings (SSSR count). The monoisotopic (exact) mass is 473 g/mol. The number of fused-ring (bicyclic) bond motifs is 1. The second-order valence-corrected chi connectivity index (χ2v) is 9.86. The Balaban J connectivity index is 1.66. The van der Waals surface area contributed by atoms with Crippen LogP contribution in [0.15, 0.2) is 71.3 Å². The van der Waals surface area contributed by atoms with E-state index in [0.29, 0.717) is 17.0 Å². The van der Waals surface area contributed by atoms with E-state index in [1.807, 2.05) is 45.0 Å². The molecule has 3 amide bonds. The number of rotatable bonds is 6. The van der Waals surface area contributed by atoms with Crippen LogP contribution in [0.2, 0.25) is 0 Å². The third kappa shape index (κ3) is 5.98. The Bertz CT molecular complexity index is 1200. The van der Waals surface area contributed by atoms with Crippen molar-refractivity contribution in [2.75, 3.05) is 5.32 Å². The molecule has 3 aromatic rings. The summed E-state index contributed by atoms with van der Waals surface area (Å²) in [4.78, 5) is 41.5. The minimum atomic E-state index is -1.03. The number of hydrogen-bond acceptors (Lipinski definition) is 4. The van der Waals surface area contributed by atoms with Crippen molar-refractivity contribution in [1.82, 2.24) is 10.2 Å². The maximum absolute atomic E-state index is 13.6. The zero-order chi connectivity index (χ0) is 25.0. The molecular formula is C28H31N3O4. The zero-order valence-corrected chi connectivity index (χ0v) is 20.3. The van der Waals surface area contributed by atoms with Crippen molar-refractivity contribution >= 4 is 23.4 Å². The molecular weight excluding hydrogens is 442 g/mol. The smallest absolute Gasteiger partial charge is 0.313 e. The fourth-order valence-corrected chi connectivity index (χ4v) is 4.36. The number of furan rings is 1. The second kappa shape index (κ2) is 10.2. The van der Waals surface area contributed by atoms with Gasteiger partial charge in [-0.3, -0.25) is 14.4 Å². The molecule has 7 heteroatoms. The van der Waals surface area contributed by atoms with Crippen LogP contribution in [0.3, 0.4) is 0 Å². The minimum absolute atomic E-state index is 0.0411. The van der Waals surface area contributed by atoms with Crippen LogP contribution in [0.1, 0.15) is 55.7 Å². The minimum Gasteiger partial charge on any atom is -0.467 e. The van der Waals surface area contributed by atoms with Crippen molar-refractivity contribution in [3.63, 3.8) is 0 Å². The van der Waals surface area contributed by atoms with Crippen LogP contribution in [-0.2, 0) is 33.8 Å². The van der Waals surface area contributed by atoms with Gasteiger partial charge in [-0.1, -0.05) is 36.4 Å². The van der Waals surface area contributed by atoms with Gasteiger partial charge in [-0.15, -0.1) is 0 Å². The normalized spacial score (nSPS) is 13.6. The molecule has 182 valence electrons. The predicted octanol–water partition coefficient (Wildman–Crippen LogP) is 4.39. The summed E-state index contributed by atoms with van der Waals surface area (Å²) < 4.78 is 5.47. The van der Waals surface area contributed by atoms with Gasteiger partial charge in [0.2, 0.25) is 5.91 Å². The lowest BCUT2D eigenvalue weighted by atomic mass is 10.0. The number of hydrogen-bond donors (Lipinski definition) is 2. The standard InChI is InChI=1S/C28H31N3O4/c1-28(2,3)30-25(32)24(20-9-5-4-6-10-20)31(18-23-13-8-16-35-23)27(34)26(33)29-22-15-14-19-11-7-12-21(19)17-22/h4-6,8-10,13-17,24H,7,11-12,18H2,1-3H3,(H,29,33)(H,30,32)/t24-/m1/s1. The van der Waals surface area contributed by atoms with Gasteiger partial charge in [0.25, 0.3) is 0 Å². The highest BCUT2D eigenvalue weighted by Crippen LogP contribution is 2.27. The molecule has 2 N–H and O–H groups in total. The molecule has 35 heavy (non-hydrogen) atoms. The molecule has 0 spiro atoms. The number of anilines is 1. The van der Waals surface area contributed by atoms with Crippen LogP contribution in [-0.4, -0.2) is 28.2 Å². The largest absolute Gasteiger partial charge is 0.467 e. The highest BCUT2D eigenvalue weighted by atomic mass is 16.3. The quantitative estimate of drug-likeness (QED) is 0.520. The first-order chi connectivity index (χ1) is 16.7. The Kier molecular flexibility index (Phi) is 7.05. The van der Waals surface area contributed by atoms with E-state index in [-0.39, 0.29) is 12.5 Å². The Morgan fingerprint density at radius 1 is 0.971 bits per heavy atom.